The zero-order valence-electron chi connectivity index (χ0n) is 10.2. The third-order valence-electron chi connectivity index (χ3n) is 3.03. The summed E-state index contributed by atoms with van der Waals surface area (Å²) >= 11 is 0. The molecule has 2 rings (SSSR count). The highest BCUT2D eigenvalue weighted by Gasteiger charge is 2.22. The summed E-state index contributed by atoms with van der Waals surface area (Å²) in [5.74, 6) is 2.10. The van der Waals surface area contributed by atoms with E-state index in [0.29, 0.717) is 17.9 Å². The zero-order chi connectivity index (χ0) is 11.5. The molecule has 5 heteroatoms. The predicted octanol–water partition coefficient (Wildman–Crippen LogP) is 0.808. The van der Waals surface area contributed by atoms with Crippen LogP contribution >= 0.6 is 0 Å². The van der Waals surface area contributed by atoms with Crippen LogP contribution in [0.5, 0.6) is 0 Å². The molecule has 0 spiro atoms. The van der Waals surface area contributed by atoms with Gasteiger partial charge in [0, 0.05) is 32.6 Å². The quantitative estimate of drug-likeness (QED) is 0.823. The van der Waals surface area contributed by atoms with E-state index in [1.54, 1.807) is 0 Å². The molecule has 0 aliphatic carbocycles. The van der Waals surface area contributed by atoms with E-state index in [0.717, 1.165) is 32.0 Å². The molecule has 1 fully saturated rings. The number of aromatic nitrogens is 2. The van der Waals surface area contributed by atoms with Crippen LogP contribution in [0.25, 0.3) is 0 Å². The predicted molar refractivity (Wildman–Crippen MR) is 60.9 cm³/mol. The Balaban J connectivity index is 1.90. The van der Waals surface area contributed by atoms with Crippen molar-refractivity contribution in [3.63, 3.8) is 0 Å². The summed E-state index contributed by atoms with van der Waals surface area (Å²) < 4.78 is 4.98. The number of nitrogens with one attached hydrogen (secondary N) is 1. The van der Waals surface area contributed by atoms with Gasteiger partial charge < -0.3 is 9.84 Å². The molecule has 2 heterocycles. The first-order chi connectivity index (χ1) is 7.65. The summed E-state index contributed by atoms with van der Waals surface area (Å²) in [6.07, 6.45) is 0. The first-order valence-corrected chi connectivity index (χ1v) is 5.90. The molecule has 0 bridgehead atoms. The molecule has 0 saturated carbocycles. The molecule has 1 unspecified atom stereocenters. The van der Waals surface area contributed by atoms with Crippen LogP contribution in [0, 0.1) is 12.8 Å². The summed E-state index contributed by atoms with van der Waals surface area (Å²) in [5.41, 5.74) is 0. The fourth-order valence-corrected chi connectivity index (χ4v) is 2.04. The van der Waals surface area contributed by atoms with Crippen molar-refractivity contribution in [1.29, 1.82) is 0 Å². The summed E-state index contributed by atoms with van der Waals surface area (Å²) in [6, 6.07) is 0.571. The topological polar surface area (TPSA) is 54.2 Å². The lowest BCUT2D eigenvalue weighted by molar-refractivity contribution is 0.164. The summed E-state index contributed by atoms with van der Waals surface area (Å²) in [6.45, 7) is 10.3. The van der Waals surface area contributed by atoms with Gasteiger partial charge in [-0.3, -0.25) is 4.90 Å². The molecule has 90 valence electrons. The third kappa shape index (κ3) is 2.80. The Bertz CT molecular complexity index is 336. The second kappa shape index (κ2) is 4.93. The van der Waals surface area contributed by atoms with Crippen LogP contribution in [0.2, 0.25) is 0 Å². The highest BCUT2D eigenvalue weighted by atomic mass is 16.5. The molecule has 0 amide bonds. The molecular weight excluding hydrogens is 204 g/mol. The lowest BCUT2D eigenvalue weighted by atomic mass is 10.0. The maximum absolute atomic E-state index is 4.98. The van der Waals surface area contributed by atoms with Crippen LogP contribution < -0.4 is 5.32 Å². The number of hydrogen-bond acceptors (Lipinski definition) is 5. The van der Waals surface area contributed by atoms with Crippen LogP contribution in [-0.2, 0) is 6.54 Å². The number of nitrogens with zero attached hydrogens (tertiary/aromatic N) is 3. The molecular formula is C11H20N4O. The second-order valence-corrected chi connectivity index (χ2v) is 4.77. The first-order valence-electron chi connectivity index (χ1n) is 5.90. The fraction of sp³-hybridized carbons (Fsp3) is 0.818. The number of aryl methyl sites for hydroxylation is 1. The van der Waals surface area contributed by atoms with Gasteiger partial charge in [-0.05, 0) is 5.92 Å². The Hall–Kier alpha value is -0.940. The Morgan fingerprint density at radius 1 is 1.56 bits per heavy atom. The van der Waals surface area contributed by atoms with Crippen molar-refractivity contribution >= 4 is 0 Å². The van der Waals surface area contributed by atoms with Crippen LogP contribution in [0.15, 0.2) is 4.52 Å². The van der Waals surface area contributed by atoms with E-state index in [-0.39, 0.29) is 0 Å². The van der Waals surface area contributed by atoms with Crippen LogP contribution in [0.4, 0.5) is 0 Å². The minimum Gasteiger partial charge on any atom is -0.340 e. The maximum atomic E-state index is 4.98. The monoisotopic (exact) mass is 224 g/mol. The standard InChI is InChI=1S/C11H20N4O/c1-8(2)10-6-15(5-4-12-10)7-11-13-9(3)16-14-11/h8,10,12H,4-7H2,1-3H3. The largest absolute Gasteiger partial charge is 0.340 e. The van der Waals surface area contributed by atoms with Crippen molar-refractivity contribution in [2.75, 3.05) is 19.6 Å². The average Bonchev–Trinajstić information content (AvgIpc) is 2.64. The van der Waals surface area contributed by atoms with E-state index in [2.05, 4.69) is 34.2 Å². The molecule has 1 aliphatic heterocycles. The van der Waals surface area contributed by atoms with Crippen LogP contribution in [0.3, 0.4) is 0 Å². The molecule has 1 aromatic rings. The summed E-state index contributed by atoms with van der Waals surface area (Å²) in [5, 5.41) is 7.47. The van der Waals surface area contributed by atoms with E-state index in [9.17, 15) is 0 Å². The lowest BCUT2D eigenvalue weighted by Gasteiger charge is -2.35. The van der Waals surface area contributed by atoms with Crippen molar-refractivity contribution in [2.45, 2.75) is 33.4 Å². The normalized spacial score (nSPS) is 22.9. The maximum Gasteiger partial charge on any atom is 0.223 e. The van der Waals surface area contributed by atoms with E-state index in [1.165, 1.54) is 0 Å². The van der Waals surface area contributed by atoms with Crippen molar-refractivity contribution in [2.24, 2.45) is 5.92 Å². The molecule has 5 nitrogen and oxygen atoms in total. The van der Waals surface area contributed by atoms with E-state index in [4.69, 9.17) is 4.52 Å². The van der Waals surface area contributed by atoms with Gasteiger partial charge >= 0.3 is 0 Å². The van der Waals surface area contributed by atoms with Crippen molar-refractivity contribution in [3.8, 4) is 0 Å². The number of hydrogen-bond donors (Lipinski definition) is 1. The Kier molecular flexibility index (Phi) is 3.56. The van der Waals surface area contributed by atoms with Gasteiger partial charge in [-0.1, -0.05) is 19.0 Å². The minimum absolute atomic E-state index is 0.571. The minimum atomic E-state index is 0.571. The van der Waals surface area contributed by atoms with Gasteiger partial charge in [-0.15, -0.1) is 0 Å². The van der Waals surface area contributed by atoms with Crippen molar-refractivity contribution in [3.05, 3.63) is 11.7 Å². The van der Waals surface area contributed by atoms with Crippen LogP contribution in [-0.4, -0.2) is 40.7 Å². The highest BCUT2D eigenvalue weighted by molar-refractivity contribution is 4.87. The van der Waals surface area contributed by atoms with Gasteiger partial charge in [-0.25, -0.2) is 0 Å². The van der Waals surface area contributed by atoms with Gasteiger partial charge in [0.15, 0.2) is 5.82 Å². The second-order valence-electron chi connectivity index (χ2n) is 4.77. The molecule has 0 radical (unpaired) electrons. The summed E-state index contributed by atoms with van der Waals surface area (Å²) in [7, 11) is 0. The molecule has 16 heavy (non-hydrogen) atoms. The highest BCUT2D eigenvalue weighted by Crippen LogP contribution is 2.10. The molecule has 1 atom stereocenters. The molecule has 1 aliphatic rings. The van der Waals surface area contributed by atoms with Crippen molar-refractivity contribution in [1.82, 2.24) is 20.4 Å². The van der Waals surface area contributed by atoms with Gasteiger partial charge in [-0.2, -0.15) is 4.98 Å². The molecule has 1 aromatic heterocycles. The van der Waals surface area contributed by atoms with Gasteiger partial charge in [0.2, 0.25) is 5.89 Å². The Morgan fingerprint density at radius 2 is 2.38 bits per heavy atom. The number of piperazine rings is 1. The SMILES string of the molecule is Cc1nc(CN2CCNC(C(C)C)C2)no1. The molecule has 1 saturated heterocycles. The van der Waals surface area contributed by atoms with E-state index < -0.39 is 0 Å². The van der Waals surface area contributed by atoms with Gasteiger partial charge in [0.1, 0.15) is 0 Å². The van der Waals surface area contributed by atoms with Crippen molar-refractivity contribution < 1.29 is 4.52 Å². The smallest absolute Gasteiger partial charge is 0.223 e. The zero-order valence-corrected chi connectivity index (χ0v) is 10.2. The Labute approximate surface area is 96.2 Å². The molecule has 1 N–H and O–H groups in total. The van der Waals surface area contributed by atoms with E-state index in [1.807, 2.05) is 6.92 Å². The van der Waals surface area contributed by atoms with E-state index >= 15 is 0 Å². The average molecular weight is 224 g/mol. The molecule has 0 aromatic carbocycles. The van der Waals surface area contributed by atoms with Crippen LogP contribution in [0.1, 0.15) is 25.6 Å². The lowest BCUT2D eigenvalue weighted by Crippen LogP contribution is -2.52. The van der Waals surface area contributed by atoms with Gasteiger partial charge in [0.05, 0.1) is 6.54 Å². The summed E-state index contributed by atoms with van der Waals surface area (Å²) in [4.78, 5) is 6.62. The fourth-order valence-electron chi connectivity index (χ4n) is 2.04. The van der Waals surface area contributed by atoms with Gasteiger partial charge in [0.25, 0.3) is 0 Å². The first kappa shape index (κ1) is 11.5. The number of rotatable bonds is 3. The Morgan fingerprint density at radius 3 is 3.00 bits per heavy atom. The third-order valence-corrected chi connectivity index (χ3v) is 3.03.